The molecule has 3 rings (SSSR count). The van der Waals surface area contributed by atoms with Crippen LogP contribution in [0.25, 0.3) is 10.8 Å². The van der Waals surface area contributed by atoms with Crippen molar-refractivity contribution in [3.8, 4) is 0 Å². The normalized spacial score (nSPS) is 15.6. The number of nitrogens with one attached hydrogen (secondary N) is 1. The molecule has 1 aromatic carbocycles. The Hall–Kier alpha value is -2.47. The Bertz CT molecular complexity index is 722. The number of hydrogen-bond donors (Lipinski definition) is 1. The van der Waals surface area contributed by atoms with Gasteiger partial charge in [-0.25, -0.2) is 0 Å². The SMILES string of the molecule is C=CCNC(=O)c1nnc(N2CCN(C)CC2)c2ccccc12. The molecule has 0 bridgehead atoms. The van der Waals surface area contributed by atoms with E-state index in [9.17, 15) is 4.79 Å². The quantitative estimate of drug-likeness (QED) is 0.862. The first-order valence-corrected chi connectivity index (χ1v) is 7.78. The summed E-state index contributed by atoms with van der Waals surface area (Å²) in [5.41, 5.74) is 0.361. The molecule has 1 aromatic heterocycles. The van der Waals surface area contributed by atoms with Crippen LogP contribution in [0.5, 0.6) is 0 Å². The second kappa shape index (κ2) is 6.75. The molecular weight excluding hydrogens is 290 g/mol. The van der Waals surface area contributed by atoms with Crippen molar-refractivity contribution in [1.29, 1.82) is 0 Å². The molecule has 1 saturated heterocycles. The van der Waals surface area contributed by atoms with Crippen LogP contribution in [0.4, 0.5) is 5.82 Å². The van der Waals surface area contributed by atoms with Crippen molar-refractivity contribution in [2.24, 2.45) is 0 Å². The lowest BCUT2D eigenvalue weighted by atomic mass is 10.1. The Morgan fingerprint density at radius 3 is 2.61 bits per heavy atom. The Morgan fingerprint density at radius 2 is 1.91 bits per heavy atom. The molecule has 2 aromatic rings. The molecule has 1 fully saturated rings. The van der Waals surface area contributed by atoms with E-state index >= 15 is 0 Å². The van der Waals surface area contributed by atoms with Crippen LogP contribution in [0.2, 0.25) is 0 Å². The summed E-state index contributed by atoms with van der Waals surface area (Å²) in [7, 11) is 2.12. The third kappa shape index (κ3) is 3.17. The number of hydrogen-bond acceptors (Lipinski definition) is 5. The zero-order valence-corrected chi connectivity index (χ0v) is 13.3. The third-order valence-corrected chi connectivity index (χ3v) is 4.09. The topological polar surface area (TPSA) is 61.4 Å². The molecule has 0 atom stereocenters. The highest BCUT2D eigenvalue weighted by Gasteiger charge is 2.21. The van der Waals surface area contributed by atoms with E-state index in [0.717, 1.165) is 42.8 Å². The van der Waals surface area contributed by atoms with Crippen molar-refractivity contribution < 1.29 is 4.79 Å². The van der Waals surface area contributed by atoms with Crippen molar-refractivity contribution in [3.05, 3.63) is 42.6 Å². The first kappa shape index (κ1) is 15.4. The van der Waals surface area contributed by atoms with E-state index in [4.69, 9.17) is 0 Å². The van der Waals surface area contributed by atoms with E-state index in [1.54, 1.807) is 6.08 Å². The van der Waals surface area contributed by atoms with Crippen LogP contribution in [0, 0.1) is 0 Å². The highest BCUT2D eigenvalue weighted by Crippen LogP contribution is 2.26. The number of fused-ring (bicyclic) bond motifs is 1. The standard InChI is InChI=1S/C17H21N5O/c1-3-8-18-17(23)15-13-6-4-5-7-14(13)16(20-19-15)22-11-9-21(2)10-12-22/h3-7H,1,8-12H2,2H3,(H,18,23). The number of carbonyl (C=O) groups excluding carboxylic acids is 1. The first-order chi connectivity index (χ1) is 11.2. The number of rotatable bonds is 4. The monoisotopic (exact) mass is 311 g/mol. The number of aromatic nitrogens is 2. The summed E-state index contributed by atoms with van der Waals surface area (Å²) in [6.45, 7) is 7.84. The average molecular weight is 311 g/mol. The van der Waals surface area contributed by atoms with Gasteiger partial charge in [-0.1, -0.05) is 30.3 Å². The molecule has 1 N–H and O–H groups in total. The fourth-order valence-electron chi connectivity index (χ4n) is 2.76. The molecule has 1 aliphatic heterocycles. The molecule has 1 aliphatic rings. The number of likely N-dealkylation sites (N-methyl/N-ethyl adjacent to an activating group) is 1. The maximum absolute atomic E-state index is 12.3. The van der Waals surface area contributed by atoms with Crippen molar-refractivity contribution in [2.45, 2.75) is 0 Å². The lowest BCUT2D eigenvalue weighted by Crippen LogP contribution is -2.45. The van der Waals surface area contributed by atoms with Crippen LogP contribution in [-0.4, -0.2) is 60.8 Å². The first-order valence-electron chi connectivity index (χ1n) is 7.78. The molecule has 120 valence electrons. The number of carbonyl (C=O) groups is 1. The number of amides is 1. The van der Waals surface area contributed by atoms with Crippen molar-refractivity contribution in [1.82, 2.24) is 20.4 Å². The fraction of sp³-hybridized carbons (Fsp3) is 0.353. The van der Waals surface area contributed by atoms with Gasteiger partial charge in [-0.15, -0.1) is 16.8 Å². The average Bonchev–Trinajstić information content (AvgIpc) is 2.59. The molecule has 0 unspecified atom stereocenters. The second-order valence-corrected chi connectivity index (χ2v) is 5.71. The van der Waals surface area contributed by atoms with Gasteiger partial charge >= 0.3 is 0 Å². The largest absolute Gasteiger partial charge is 0.352 e. The summed E-state index contributed by atoms with van der Waals surface area (Å²) in [4.78, 5) is 16.8. The predicted octanol–water partition coefficient (Wildman–Crippen LogP) is 1.30. The van der Waals surface area contributed by atoms with Gasteiger partial charge in [0.1, 0.15) is 0 Å². The van der Waals surface area contributed by atoms with Crippen LogP contribution in [0.15, 0.2) is 36.9 Å². The van der Waals surface area contributed by atoms with Gasteiger partial charge < -0.3 is 15.1 Å². The van der Waals surface area contributed by atoms with E-state index in [0.29, 0.717) is 12.2 Å². The van der Waals surface area contributed by atoms with Gasteiger partial charge in [0.25, 0.3) is 5.91 Å². The molecule has 0 spiro atoms. The van der Waals surface area contributed by atoms with Gasteiger partial charge in [-0.2, -0.15) is 0 Å². The van der Waals surface area contributed by atoms with Crippen molar-refractivity contribution in [3.63, 3.8) is 0 Å². The van der Waals surface area contributed by atoms with Crippen molar-refractivity contribution in [2.75, 3.05) is 44.7 Å². The number of nitrogens with zero attached hydrogens (tertiary/aromatic N) is 4. The smallest absolute Gasteiger partial charge is 0.272 e. The summed E-state index contributed by atoms with van der Waals surface area (Å²) in [5.74, 6) is 0.632. The zero-order chi connectivity index (χ0) is 16.2. The summed E-state index contributed by atoms with van der Waals surface area (Å²) in [6.07, 6.45) is 1.64. The van der Waals surface area contributed by atoms with Gasteiger partial charge in [0.05, 0.1) is 0 Å². The fourth-order valence-corrected chi connectivity index (χ4v) is 2.76. The predicted molar refractivity (Wildman–Crippen MR) is 91.8 cm³/mol. The summed E-state index contributed by atoms with van der Waals surface area (Å²) in [5, 5.41) is 13.1. The van der Waals surface area contributed by atoms with E-state index in [1.165, 1.54) is 0 Å². The third-order valence-electron chi connectivity index (χ3n) is 4.09. The molecular formula is C17H21N5O. The molecule has 0 saturated carbocycles. The van der Waals surface area contributed by atoms with Gasteiger partial charge in [-0.3, -0.25) is 4.79 Å². The minimum absolute atomic E-state index is 0.224. The molecule has 0 radical (unpaired) electrons. The lowest BCUT2D eigenvalue weighted by molar-refractivity contribution is 0.0954. The number of piperazine rings is 1. The Morgan fingerprint density at radius 1 is 1.22 bits per heavy atom. The minimum Gasteiger partial charge on any atom is -0.352 e. The molecule has 0 aliphatic carbocycles. The van der Waals surface area contributed by atoms with E-state index < -0.39 is 0 Å². The summed E-state index contributed by atoms with van der Waals surface area (Å²) in [6, 6.07) is 7.81. The van der Waals surface area contributed by atoms with E-state index in [1.807, 2.05) is 24.3 Å². The van der Waals surface area contributed by atoms with Crippen LogP contribution in [0.1, 0.15) is 10.5 Å². The number of anilines is 1. The van der Waals surface area contributed by atoms with Crippen LogP contribution >= 0.6 is 0 Å². The molecule has 6 heteroatoms. The van der Waals surface area contributed by atoms with E-state index in [-0.39, 0.29) is 5.91 Å². The minimum atomic E-state index is -0.224. The summed E-state index contributed by atoms with van der Waals surface area (Å²) >= 11 is 0. The van der Waals surface area contributed by atoms with Gasteiger partial charge in [0.2, 0.25) is 0 Å². The maximum Gasteiger partial charge on any atom is 0.272 e. The zero-order valence-electron chi connectivity index (χ0n) is 13.3. The molecule has 23 heavy (non-hydrogen) atoms. The Kier molecular flexibility index (Phi) is 4.52. The van der Waals surface area contributed by atoms with Crippen LogP contribution < -0.4 is 10.2 Å². The molecule has 2 heterocycles. The van der Waals surface area contributed by atoms with Gasteiger partial charge in [0, 0.05) is 43.5 Å². The second-order valence-electron chi connectivity index (χ2n) is 5.71. The summed E-state index contributed by atoms with van der Waals surface area (Å²) < 4.78 is 0. The number of benzene rings is 1. The highest BCUT2D eigenvalue weighted by molar-refractivity contribution is 6.07. The van der Waals surface area contributed by atoms with Gasteiger partial charge in [0.15, 0.2) is 11.5 Å². The maximum atomic E-state index is 12.3. The van der Waals surface area contributed by atoms with E-state index in [2.05, 4.69) is 38.9 Å². The lowest BCUT2D eigenvalue weighted by Gasteiger charge is -2.33. The van der Waals surface area contributed by atoms with Gasteiger partial charge in [-0.05, 0) is 7.05 Å². The Balaban J connectivity index is 1.99. The molecule has 6 nitrogen and oxygen atoms in total. The van der Waals surface area contributed by atoms with Crippen LogP contribution in [-0.2, 0) is 0 Å². The molecule has 1 amide bonds. The van der Waals surface area contributed by atoms with Crippen molar-refractivity contribution >= 4 is 22.5 Å². The highest BCUT2D eigenvalue weighted by atomic mass is 16.1. The van der Waals surface area contributed by atoms with Crippen LogP contribution in [0.3, 0.4) is 0 Å². The Labute approximate surface area is 135 Å².